The molecule has 1 amide bonds. The van der Waals surface area contributed by atoms with Crippen molar-refractivity contribution >= 4 is 31.9 Å². The highest BCUT2D eigenvalue weighted by molar-refractivity contribution is 9.11. The van der Waals surface area contributed by atoms with Crippen molar-refractivity contribution in [1.82, 2.24) is 9.62 Å². The molecule has 7 nitrogen and oxygen atoms in total. The summed E-state index contributed by atoms with van der Waals surface area (Å²) in [6.45, 7) is 5.52. The fourth-order valence-electron chi connectivity index (χ4n) is 3.02. The predicted octanol–water partition coefficient (Wildman–Crippen LogP) is 1.88. The SMILES string of the molecule is C=C(Br)CNC(=O)C1CCN(S(=O)(=O)c2ccc3c(c2)OCCO3)CC1. The van der Waals surface area contributed by atoms with Crippen molar-refractivity contribution in [1.29, 1.82) is 0 Å². The summed E-state index contributed by atoms with van der Waals surface area (Å²) in [5.74, 6) is 0.746. The fraction of sp³-hybridized carbons (Fsp3) is 0.471. The Hall–Kier alpha value is -1.58. The maximum atomic E-state index is 12.9. The molecule has 26 heavy (non-hydrogen) atoms. The van der Waals surface area contributed by atoms with Gasteiger partial charge in [0.05, 0.1) is 4.90 Å². The Morgan fingerprint density at radius 2 is 1.88 bits per heavy atom. The Morgan fingerprint density at radius 1 is 1.23 bits per heavy atom. The van der Waals surface area contributed by atoms with Crippen molar-refractivity contribution in [3.63, 3.8) is 0 Å². The van der Waals surface area contributed by atoms with Gasteiger partial charge in [-0.15, -0.1) is 0 Å². The van der Waals surface area contributed by atoms with E-state index in [4.69, 9.17) is 9.47 Å². The minimum Gasteiger partial charge on any atom is -0.486 e. The lowest BCUT2D eigenvalue weighted by Gasteiger charge is -2.30. The van der Waals surface area contributed by atoms with Gasteiger partial charge in [0, 0.05) is 36.1 Å². The molecule has 0 unspecified atom stereocenters. The molecule has 1 N–H and O–H groups in total. The predicted molar refractivity (Wildman–Crippen MR) is 100.0 cm³/mol. The third-order valence-corrected chi connectivity index (χ3v) is 6.61. The highest BCUT2D eigenvalue weighted by atomic mass is 79.9. The van der Waals surface area contributed by atoms with Crippen molar-refractivity contribution in [3.05, 3.63) is 29.3 Å². The van der Waals surface area contributed by atoms with Crippen LogP contribution in [0.2, 0.25) is 0 Å². The number of amides is 1. The molecule has 0 aliphatic carbocycles. The number of fused-ring (bicyclic) bond motifs is 1. The molecule has 0 bridgehead atoms. The number of carbonyl (C=O) groups is 1. The number of halogens is 1. The molecule has 0 radical (unpaired) electrons. The van der Waals surface area contributed by atoms with Crippen LogP contribution in [-0.2, 0) is 14.8 Å². The number of rotatable bonds is 5. The Bertz CT molecular complexity index is 803. The lowest BCUT2D eigenvalue weighted by Crippen LogP contribution is -2.43. The van der Waals surface area contributed by atoms with Crippen LogP contribution in [0.5, 0.6) is 11.5 Å². The van der Waals surface area contributed by atoms with Crippen molar-refractivity contribution in [3.8, 4) is 11.5 Å². The number of piperidine rings is 1. The zero-order valence-corrected chi connectivity index (χ0v) is 16.6. The summed E-state index contributed by atoms with van der Waals surface area (Å²) in [4.78, 5) is 12.3. The van der Waals surface area contributed by atoms with Crippen LogP contribution >= 0.6 is 15.9 Å². The van der Waals surface area contributed by atoms with Gasteiger partial charge in [0.1, 0.15) is 13.2 Å². The van der Waals surface area contributed by atoms with Gasteiger partial charge in [0.2, 0.25) is 15.9 Å². The van der Waals surface area contributed by atoms with Gasteiger partial charge in [-0.1, -0.05) is 22.5 Å². The van der Waals surface area contributed by atoms with E-state index in [1.807, 2.05) is 0 Å². The molecule has 0 saturated carbocycles. The van der Waals surface area contributed by atoms with Crippen LogP contribution < -0.4 is 14.8 Å². The van der Waals surface area contributed by atoms with E-state index in [-0.39, 0.29) is 16.7 Å². The van der Waals surface area contributed by atoms with Gasteiger partial charge < -0.3 is 14.8 Å². The molecule has 2 aliphatic heterocycles. The molecular weight excluding hydrogens is 424 g/mol. The molecule has 1 aromatic carbocycles. The Balaban J connectivity index is 1.65. The summed E-state index contributed by atoms with van der Waals surface area (Å²) in [5.41, 5.74) is 0. The van der Waals surface area contributed by atoms with Gasteiger partial charge in [-0.2, -0.15) is 4.31 Å². The van der Waals surface area contributed by atoms with Crippen molar-refractivity contribution in [2.75, 3.05) is 32.8 Å². The summed E-state index contributed by atoms with van der Waals surface area (Å²) in [6.07, 6.45) is 0.981. The van der Waals surface area contributed by atoms with Crippen molar-refractivity contribution in [2.45, 2.75) is 17.7 Å². The zero-order chi connectivity index (χ0) is 18.7. The highest BCUT2D eigenvalue weighted by Gasteiger charge is 2.32. The number of nitrogens with zero attached hydrogens (tertiary/aromatic N) is 1. The molecule has 0 atom stereocenters. The topological polar surface area (TPSA) is 84.9 Å². The van der Waals surface area contributed by atoms with E-state index in [1.54, 1.807) is 6.07 Å². The first-order valence-electron chi connectivity index (χ1n) is 8.39. The summed E-state index contributed by atoms with van der Waals surface area (Å²) in [5, 5.41) is 2.79. The Morgan fingerprint density at radius 3 is 2.54 bits per heavy atom. The van der Waals surface area contributed by atoms with E-state index < -0.39 is 10.0 Å². The maximum absolute atomic E-state index is 12.9. The number of ether oxygens (including phenoxy) is 2. The standard InChI is InChI=1S/C17H21BrN2O5S/c1-12(18)11-19-17(21)13-4-6-20(7-5-13)26(22,23)14-2-3-15-16(10-14)25-9-8-24-15/h2-3,10,13H,1,4-9,11H2,(H,19,21). The van der Waals surface area contributed by atoms with Gasteiger partial charge in [0.15, 0.2) is 11.5 Å². The van der Waals surface area contributed by atoms with Crippen molar-refractivity contribution < 1.29 is 22.7 Å². The first-order valence-corrected chi connectivity index (χ1v) is 10.6. The summed E-state index contributed by atoms with van der Waals surface area (Å²) < 4.78 is 38.8. The molecule has 142 valence electrons. The summed E-state index contributed by atoms with van der Waals surface area (Å²) in [7, 11) is -3.63. The van der Waals surface area contributed by atoms with Crippen LogP contribution in [0.1, 0.15) is 12.8 Å². The number of sulfonamides is 1. The maximum Gasteiger partial charge on any atom is 0.243 e. The molecule has 3 rings (SSSR count). The van der Waals surface area contributed by atoms with Crippen LogP contribution in [0.25, 0.3) is 0 Å². The molecule has 1 fully saturated rings. The van der Waals surface area contributed by atoms with Gasteiger partial charge in [-0.25, -0.2) is 8.42 Å². The minimum atomic E-state index is -3.63. The van der Waals surface area contributed by atoms with Crippen LogP contribution in [0.3, 0.4) is 0 Å². The monoisotopic (exact) mass is 444 g/mol. The average molecular weight is 445 g/mol. The van der Waals surface area contributed by atoms with Gasteiger partial charge in [0.25, 0.3) is 0 Å². The molecule has 2 heterocycles. The number of hydrogen-bond acceptors (Lipinski definition) is 5. The van der Waals surface area contributed by atoms with Crippen LogP contribution in [-0.4, -0.2) is 51.5 Å². The third kappa shape index (κ3) is 4.21. The second-order valence-corrected chi connectivity index (χ2v) is 9.28. The summed E-state index contributed by atoms with van der Waals surface area (Å²) >= 11 is 3.20. The summed E-state index contributed by atoms with van der Waals surface area (Å²) in [6, 6.07) is 4.65. The van der Waals surface area contributed by atoms with Crippen LogP contribution in [0, 0.1) is 5.92 Å². The first-order chi connectivity index (χ1) is 12.4. The van der Waals surface area contributed by atoms with E-state index >= 15 is 0 Å². The van der Waals surface area contributed by atoms with E-state index in [2.05, 4.69) is 27.8 Å². The largest absolute Gasteiger partial charge is 0.486 e. The first kappa shape index (κ1) is 19.2. The van der Waals surface area contributed by atoms with Gasteiger partial charge in [-0.05, 0) is 25.0 Å². The Labute approximate surface area is 161 Å². The number of nitrogens with one attached hydrogen (secondary N) is 1. The zero-order valence-electron chi connectivity index (χ0n) is 14.2. The molecule has 0 aromatic heterocycles. The molecule has 9 heteroatoms. The normalized spacial score (nSPS) is 18.3. The number of carbonyl (C=O) groups excluding carboxylic acids is 1. The lowest BCUT2D eigenvalue weighted by molar-refractivity contribution is -0.125. The van der Waals surface area contributed by atoms with E-state index in [0.717, 1.165) is 0 Å². The smallest absolute Gasteiger partial charge is 0.243 e. The second kappa shape index (κ2) is 7.98. The molecule has 0 spiro atoms. The second-order valence-electron chi connectivity index (χ2n) is 6.22. The van der Waals surface area contributed by atoms with Crippen molar-refractivity contribution in [2.24, 2.45) is 5.92 Å². The number of benzene rings is 1. The quantitative estimate of drug-likeness (QED) is 0.749. The molecular formula is C17H21BrN2O5S. The number of hydrogen-bond donors (Lipinski definition) is 1. The van der Waals surface area contributed by atoms with Gasteiger partial charge >= 0.3 is 0 Å². The van der Waals surface area contributed by atoms with Crippen LogP contribution in [0.15, 0.2) is 34.2 Å². The molecule has 2 aliphatic rings. The minimum absolute atomic E-state index is 0.0676. The lowest BCUT2D eigenvalue weighted by atomic mass is 9.97. The van der Waals surface area contributed by atoms with E-state index in [0.29, 0.717) is 61.7 Å². The van der Waals surface area contributed by atoms with E-state index in [9.17, 15) is 13.2 Å². The molecule has 1 aromatic rings. The Kier molecular flexibility index (Phi) is 5.89. The van der Waals surface area contributed by atoms with Gasteiger partial charge in [-0.3, -0.25) is 4.79 Å². The highest BCUT2D eigenvalue weighted by Crippen LogP contribution is 2.34. The average Bonchev–Trinajstić information content (AvgIpc) is 2.65. The third-order valence-electron chi connectivity index (χ3n) is 4.43. The molecule has 1 saturated heterocycles. The van der Waals surface area contributed by atoms with E-state index in [1.165, 1.54) is 16.4 Å². The fourth-order valence-corrected chi connectivity index (χ4v) is 4.64. The van der Waals surface area contributed by atoms with Crippen LogP contribution in [0.4, 0.5) is 0 Å².